The predicted molar refractivity (Wildman–Crippen MR) is 75.5 cm³/mol. The zero-order chi connectivity index (χ0) is 18.6. The number of benzene rings is 1. The molecule has 0 saturated heterocycles. The SMILES string of the molecule is CCCC(=NOCC)c1ccc(C(O)(C(F)(F)F)C(F)(F)F)cc1. The third kappa shape index (κ3) is 4.00. The Labute approximate surface area is 134 Å². The Morgan fingerprint density at radius 3 is 1.88 bits per heavy atom. The highest BCUT2D eigenvalue weighted by Crippen LogP contribution is 2.49. The lowest BCUT2D eigenvalue weighted by atomic mass is 9.91. The molecule has 0 aromatic heterocycles. The van der Waals surface area contributed by atoms with E-state index in [9.17, 15) is 31.4 Å². The topological polar surface area (TPSA) is 41.8 Å². The fraction of sp³-hybridized carbons (Fsp3) is 0.533. The van der Waals surface area contributed by atoms with Gasteiger partial charge >= 0.3 is 12.4 Å². The quantitative estimate of drug-likeness (QED) is 0.461. The van der Waals surface area contributed by atoms with Crippen LogP contribution in [0.5, 0.6) is 0 Å². The van der Waals surface area contributed by atoms with Crippen LogP contribution in [0.25, 0.3) is 0 Å². The Kier molecular flexibility index (Phi) is 6.26. The van der Waals surface area contributed by atoms with Gasteiger partial charge < -0.3 is 9.94 Å². The van der Waals surface area contributed by atoms with Crippen molar-refractivity contribution in [1.82, 2.24) is 0 Å². The predicted octanol–water partition coefficient (Wildman–Crippen LogP) is 4.54. The first kappa shape index (κ1) is 20.3. The molecule has 0 aliphatic rings. The van der Waals surface area contributed by atoms with Gasteiger partial charge in [-0.3, -0.25) is 0 Å². The number of rotatable bonds is 6. The van der Waals surface area contributed by atoms with E-state index in [4.69, 9.17) is 4.84 Å². The molecule has 0 bridgehead atoms. The first-order valence-corrected chi connectivity index (χ1v) is 7.14. The zero-order valence-electron chi connectivity index (χ0n) is 13.0. The van der Waals surface area contributed by atoms with Crippen LogP contribution in [0.3, 0.4) is 0 Å². The van der Waals surface area contributed by atoms with E-state index >= 15 is 0 Å². The molecular weight excluding hydrogens is 340 g/mol. The van der Waals surface area contributed by atoms with Gasteiger partial charge in [0, 0.05) is 5.56 Å². The highest BCUT2D eigenvalue weighted by Gasteiger charge is 2.71. The summed E-state index contributed by atoms with van der Waals surface area (Å²) in [7, 11) is 0. The highest BCUT2D eigenvalue weighted by atomic mass is 19.4. The number of alkyl halides is 6. The van der Waals surface area contributed by atoms with Gasteiger partial charge in [-0.05, 0) is 18.9 Å². The first-order valence-electron chi connectivity index (χ1n) is 7.14. The van der Waals surface area contributed by atoms with Gasteiger partial charge in [-0.15, -0.1) is 0 Å². The van der Waals surface area contributed by atoms with Crippen molar-refractivity contribution in [2.45, 2.75) is 44.6 Å². The van der Waals surface area contributed by atoms with Crippen LogP contribution in [0.1, 0.15) is 37.8 Å². The number of hydrogen-bond donors (Lipinski definition) is 1. The largest absolute Gasteiger partial charge is 0.430 e. The average molecular weight is 357 g/mol. The molecule has 0 aliphatic carbocycles. The summed E-state index contributed by atoms with van der Waals surface area (Å²) in [5.74, 6) is 0. The number of oxime groups is 1. The molecular formula is C15H17F6NO2. The lowest BCUT2D eigenvalue weighted by molar-refractivity contribution is -0.376. The van der Waals surface area contributed by atoms with Crippen molar-refractivity contribution >= 4 is 5.71 Å². The molecule has 0 saturated carbocycles. The summed E-state index contributed by atoms with van der Waals surface area (Å²) in [5, 5.41) is 13.1. The second-order valence-electron chi connectivity index (χ2n) is 4.99. The van der Waals surface area contributed by atoms with Gasteiger partial charge in [0.15, 0.2) is 0 Å². The Hall–Kier alpha value is -1.77. The van der Waals surface area contributed by atoms with Crippen LogP contribution in [-0.4, -0.2) is 29.8 Å². The summed E-state index contributed by atoms with van der Waals surface area (Å²) in [4.78, 5) is 4.89. The van der Waals surface area contributed by atoms with Gasteiger partial charge in [0.2, 0.25) is 0 Å². The molecule has 1 aromatic carbocycles. The standard InChI is InChI=1S/C15H17F6NO2/c1-3-5-12(22-24-4-2)10-6-8-11(9-7-10)13(23,14(16,17)18)15(19,20)21/h6-9,23H,3-5H2,1-2H3. The monoisotopic (exact) mass is 357 g/mol. The molecule has 0 heterocycles. The maximum absolute atomic E-state index is 12.8. The van der Waals surface area contributed by atoms with Crippen molar-refractivity contribution < 1.29 is 36.3 Å². The van der Waals surface area contributed by atoms with E-state index in [2.05, 4.69) is 5.16 Å². The summed E-state index contributed by atoms with van der Waals surface area (Å²) in [6, 6.07) is 3.28. The second-order valence-corrected chi connectivity index (χ2v) is 4.99. The van der Waals surface area contributed by atoms with Gasteiger partial charge in [0.25, 0.3) is 5.60 Å². The molecule has 1 aromatic rings. The summed E-state index contributed by atoms with van der Waals surface area (Å²) in [5.41, 5.74) is -5.52. The van der Waals surface area contributed by atoms with Gasteiger partial charge in [-0.2, -0.15) is 26.3 Å². The summed E-state index contributed by atoms with van der Waals surface area (Å²) in [6.07, 6.45) is -10.7. The van der Waals surface area contributed by atoms with E-state index in [1.165, 1.54) is 0 Å². The molecule has 0 radical (unpaired) electrons. The normalized spacial score (nSPS) is 14.0. The first-order chi connectivity index (χ1) is 11.0. The van der Waals surface area contributed by atoms with Crippen LogP contribution < -0.4 is 0 Å². The summed E-state index contributed by atoms with van der Waals surface area (Å²) >= 11 is 0. The van der Waals surface area contributed by atoms with Crippen LogP contribution in [0.15, 0.2) is 29.4 Å². The summed E-state index contributed by atoms with van der Waals surface area (Å²) < 4.78 is 76.9. The van der Waals surface area contributed by atoms with Crippen molar-refractivity contribution in [2.24, 2.45) is 5.16 Å². The van der Waals surface area contributed by atoms with E-state index in [0.717, 1.165) is 12.1 Å². The van der Waals surface area contributed by atoms with Crippen molar-refractivity contribution in [3.05, 3.63) is 35.4 Å². The fourth-order valence-corrected chi connectivity index (χ4v) is 2.01. The Morgan fingerprint density at radius 1 is 1.00 bits per heavy atom. The number of aliphatic hydroxyl groups is 1. The molecule has 0 amide bonds. The lowest BCUT2D eigenvalue weighted by Gasteiger charge is -2.32. The Morgan fingerprint density at radius 2 is 1.50 bits per heavy atom. The Balaban J connectivity index is 3.30. The number of hydrogen-bond acceptors (Lipinski definition) is 3. The Bertz CT molecular complexity index is 549. The molecule has 3 nitrogen and oxygen atoms in total. The van der Waals surface area contributed by atoms with Gasteiger partial charge in [-0.1, -0.05) is 42.8 Å². The van der Waals surface area contributed by atoms with Crippen LogP contribution in [0.2, 0.25) is 0 Å². The average Bonchev–Trinajstić information content (AvgIpc) is 2.48. The molecule has 0 fully saturated rings. The molecule has 0 spiro atoms. The van der Waals surface area contributed by atoms with E-state index < -0.39 is 23.5 Å². The third-order valence-electron chi connectivity index (χ3n) is 3.25. The minimum atomic E-state index is -5.90. The number of nitrogens with zero attached hydrogens (tertiary/aromatic N) is 1. The van der Waals surface area contributed by atoms with Crippen LogP contribution in [0.4, 0.5) is 26.3 Å². The summed E-state index contributed by atoms with van der Waals surface area (Å²) in [6.45, 7) is 3.79. The van der Waals surface area contributed by atoms with E-state index in [1.54, 1.807) is 6.92 Å². The fourth-order valence-electron chi connectivity index (χ4n) is 2.01. The second kappa shape index (κ2) is 7.42. The molecule has 9 heteroatoms. The van der Waals surface area contributed by atoms with Crippen LogP contribution in [0, 0.1) is 0 Å². The molecule has 1 rings (SSSR count). The lowest BCUT2D eigenvalue weighted by Crippen LogP contribution is -2.53. The van der Waals surface area contributed by atoms with E-state index in [1.807, 2.05) is 6.92 Å². The van der Waals surface area contributed by atoms with Crippen molar-refractivity contribution in [1.29, 1.82) is 0 Å². The molecule has 0 unspecified atom stereocenters. The molecule has 24 heavy (non-hydrogen) atoms. The molecule has 1 N–H and O–H groups in total. The van der Waals surface area contributed by atoms with Gasteiger partial charge in [-0.25, -0.2) is 0 Å². The third-order valence-corrected chi connectivity index (χ3v) is 3.25. The van der Waals surface area contributed by atoms with E-state index in [0.29, 0.717) is 36.2 Å². The van der Waals surface area contributed by atoms with Crippen molar-refractivity contribution in [2.75, 3.05) is 6.61 Å². The number of halogens is 6. The van der Waals surface area contributed by atoms with Crippen LogP contribution >= 0.6 is 0 Å². The van der Waals surface area contributed by atoms with Crippen molar-refractivity contribution in [3.8, 4) is 0 Å². The maximum atomic E-state index is 12.8. The van der Waals surface area contributed by atoms with E-state index in [-0.39, 0.29) is 6.61 Å². The highest BCUT2D eigenvalue weighted by molar-refractivity contribution is 6.00. The molecule has 0 atom stereocenters. The smallest absolute Gasteiger partial charge is 0.396 e. The van der Waals surface area contributed by atoms with Crippen molar-refractivity contribution in [3.63, 3.8) is 0 Å². The minimum Gasteiger partial charge on any atom is -0.396 e. The zero-order valence-corrected chi connectivity index (χ0v) is 13.0. The minimum absolute atomic E-state index is 0.271. The van der Waals surface area contributed by atoms with Gasteiger partial charge in [0.1, 0.15) is 6.61 Å². The van der Waals surface area contributed by atoms with Crippen LogP contribution in [-0.2, 0) is 10.4 Å². The molecule has 136 valence electrons. The maximum Gasteiger partial charge on any atom is 0.430 e. The van der Waals surface area contributed by atoms with Gasteiger partial charge in [0.05, 0.1) is 5.71 Å². The molecule has 0 aliphatic heterocycles.